The summed E-state index contributed by atoms with van der Waals surface area (Å²) in [6, 6.07) is 12.6. The Balaban J connectivity index is 1.72. The van der Waals surface area contributed by atoms with Gasteiger partial charge in [-0.15, -0.1) is 0 Å². The lowest BCUT2D eigenvalue weighted by Crippen LogP contribution is -2.21. The highest BCUT2D eigenvalue weighted by atomic mass is 35.5. The molecule has 0 aromatic heterocycles. The van der Waals surface area contributed by atoms with Crippen molar-refractivity contribution in [2.75, 3.05) is 11.9 Å². The minimum absolute atomic E-state index is 0.116. The Morgan fingerprint density at radius 2 is 1.78 bits per heavy atom. The molecule has 1 amide bonds. The predicted molar refractivity (Wildman–Crippen MR) is 85.8 cm³/mol. The van der Waals surface area contributed by atoms with Crippen molar-refractivity contribution in [3.63, 3.8) is 0 Å². The van der Waals surface area contributed by atoms with E-state index in [1.165, 1.54) is 12.1 Å². The molecule has 2 rings (SSSR count). The van der Waals surface area contributed by atoms with Gasteiger partial charge in [0, 0.05) is 6.42 Å². The molecule has 2 aromatic rings. The van der Waals surface area contributed by atoms with Crippen LogP contribution in [0.15, 0.2) is 48.5 Å². The van der Waals surface area contributed by atoms with Crippen LogP contribution in [0.4, 0.5) is 10.1 Å². The van der Waals surface area contributed by atoms with Crippen LogP contribution >= 0.6 is 11.6 Å². The van der Waals surface area contributed by atoms with Crippen LogP contribution < -0.4 is 5.32 Å². The fraction of sp³-hybridized carbons (Fsp3) is 0.176. The number of amides is 1. The normalized spacial score (nSPS) is 10.2. The number of benzene rings is 2. The molecule has 0 heterocycles. The van der Waals surface area contributed by atoms with Crippen molar-refractivity contribution in [2.24, 2.45) is 0 Å². The van der Waals surface area contributed by atoms with Gasteiger partial charge in [-0.2, -0.15) is 0 Å². The summed E-state index contributed by atoms with van der Waals surface area (Å²) in [6.45, 7) is -0.381. The number of ether oxygens (including phenoxy) is 1. The summed E-state index contributed by atoms with van der Waals surface area (Å²) < 4.78 is 17.7. The lowest BCUT2D eigenvalue weighted by molar-refractivity contribution is -0.147. The molecule has 0 bridgehead atoms. The van der Waals surface area contributed by atoms with Gasteiger partial charge in [-0.25, -0.2) is 4.39 Å². The lowest BCUT2D eigenvalue weighted by atomic mass is 10.1. The summed E-state index contributed by atoms with van der Waals surface area (Å²) in [7, 11) is 0. The Bertz CT molecular complexity index is 688. The number of anilines is 1. The summed E-state index contributed by atoms with van der Waals surface area (Å²) in [5.41, 5.74) is 1.28. The molecule has 0 fully saturated rings. The van der Waals surface area contributed by atoms with Gasteiger partial charge in [0.25, 0.3) is 5.91 Å². The molecule has 0 aliphatic rings. The zero-order valence-corrected chi connectivity index (χ0v) is 13.0. The first-order valence-corrected chi connectivity index (χ1v) is 7.37. The first kappa shape index (κ1) is 17.0. The number of rotatable bonds is 6. The van der Waals surface area contributed by atoms with Crippen molar-refractivity contribution in [2.45, 2.75) is 12.8 Å². The Kier molecular flexibility index (Phi) is 6.11. The molecule has 0 unspecified atom stereocenters. The van der Waals surface area contributed by atoms with Crippen LogP contribution in [0, 0.1) is 5.82 Å². The van der Waals surface area contributed by atoms with Crippen LogP contribution in [-0.4, -0.2) is 18.5 Å². The zero-order valence-electron chi connectivity index (χ0n) is 12.2. The fourth-order valence-corrected chi connectivity index (χ4v) is 2.05. The van der Waals surface area contributed by atoms with Crippen LogP contribution in [0.3, 0.4) is 0 Å². The number of para-hydroxylation sites is 1. The number of carbonyl (C=O) groups is 2. The summed E-state index contributed by atoms with van der Waals surface area (Å²) in [4.78, 5) is 23.3. The molecule has 23 heavy (non-hydrogen) atoms. The smallest absolute Gasteiger partial charge is 0.306 e. The molecule has 1 N–H and O–H groups in total. The average Bonchev–Trinajstić information content (AvgIpc) is 2.54. The Morgan fingerprint density at radius 3 is 2.48 bits per heavy atom. The third kappa shape index (κ3) is 5.71. The van der Waals surface area contributed by atoms with Gasteiger partial charge in [0.2, 0.25) is 0 Å². The third-order valence-electron chi connectivity index (χ3n) is 3.04. The number of halogens is 2. The number of aryl methyl sites for hydroxylation is 1. The average molecular weight is 336 g/mol. The zero-order chi connectivity index (χ0) is 16.7. The van der Waals surface area contributed by atoms with Crippen molar-refractivity contribution in [3.8, 4) is 0 Å². The fourth-order valence-electron chi connectivity index (χ4n) is 1.86. The second-order valence-electron chi connectivity index (χ2n) is 4.82. The van der Waals surface area contributed by atoms with Gasteiger partial charge in [-0.1, -0.05) is 35.9 Å². The monoisotopic (exact) mass is 335 g/mol. The molecule has 0 saturated carbocycles. The molecule has 120 valence electrons. The molecule has 0 atom stereocenters. The van der Waals surface area contributed by atoms with Crippen molar-refractivity contribution in [3.05, 3.63) is 64.9 Å². The van der Waals surface area contributed by atoms with E-state index in [0.717, 1.165) is 5.56 Å². The van der Waals surface area contributed by atoms with E-state index in [0.29, 0.717) is 17.1 Å². The maximum absolute atomic E-state index is 12.8. The number of hydrogen-bond donors (Lipinski definition) is 1. The molecular formula is C17H15ClFNO3. The van der Waals surface area contributed by atoms with Crippen molar-refractivity contribution in [1.29, 1.82) is 0 Å². The van der Waals surface area contributed by atoms with Crippen LogP contribution in [0.2, 0.25) is 5.02 Å². The van der Waals surface area contributed by atoms with E-state index in [2.05, 4.69) is 5.32 Å². The molecule has 2 aromatic carbocycles. The molecule has 0 saturated heterocycles. The standard InChI is InChI=1S/C17H15ClFNO3/c18-14-3-1-2-4-15(14)20-16(21)11-23-17(22)10-7-12-5-8-13(19)9-6-12/h1-6,8-9H,7,10-11H2,(H,20,21). The SMILES string of the molecule is O=C(COC(=O)CCc1ccc(F)cc1)Nc1ccccc1Cl. The van der Waals surface area contributed by atoms with Gasteiger partial charge < -0.3 is 10.1 Å². The van der Waals surface area contributed by atoms with Gasteiger partial charge in [-0.3, -0.25) is 9.59 Å². The van der Waals surface area contributed by atoms with E-state index in [1.807, 2.05) is 0 Å². The molecule has 0 aliphatic carbocycles. The molecule has 4 nitrogen and oxygen atoms in total. The van der Waals surface area contributed by atoms with E-state index >= 15 is 0 Å². The quantitative estimate of drug-likeness (QED) is 0.821. The minimum atomic E-state index is -0.497. The van der Waals surface area contributed by atoms with Crippen LogP contribution in [0.5, 0.6) is 0 Å². The number of nitrogens with one attached hydrogen (secondary N) is 1. The van der Waals surface area contributed by atoms with Crippen molar-refractivity contribution in [1.82, 2.24) is 0 Å². The summed E-state index contributed by atoms with van der Waals surface area (Å²) in [6.07, 6.45) is 0.538. The molecule has 0 radical (unpaired) electrons. The molecule has 0 aliphatic heterocycles. The van der Waals surface area contributed by atoms with Crippen molar-refractivity contribution < 1.29 is 18.7 Å². The summed E-state index contributed by atoms with van der Waals surface area (Å²) in [5.74, 6) is -1.29. The molecular weight excluding hydrogens is 321 g/mol. The lowest BCUT2D eigenvalue weighted by Gasteiger charge is -2.08. The van der Waals surface area contributed by atoms with Crippen LogP contribution in [0.25, 0.3) is 0 Å². The van der Waals surface area contributed by atoms with Gasteiger partial charge >= 0.3 is 5.97 Å². The highest BCUT2D eigenvalue weighted by Crippen LogP contribution is 2.20. The molecule has 6 heteroatoms. The van der Waals surface area contributed by atoms with E-state index in [1.54, 1.807) is 36.4 Å². The maximum Gasteiger partial charge on any atom is 0.306 e. The van der Waals surface area contributed by atoms with Gasteiger partial charge in [0.05, 0.1) is 10.7 Å². The predicted octanol–water partition coefficient (Wildman–Crippen LogP) is 3.59. The van der Waals surface area contributed by atoms with Crippen LogP contribution in [-0.2, 0) is 20.7 Å². The van der Waals surface area contributed by atoms with E-state index in [-0.39, 0.29) is 18.8 Å². The summed E-state index contributed by atoms with van der Waals surface area (Å²) in [5, 5.41) is 2.96. The Morgan fingerprint density at radius 1 is 1.09 bits per heavy atom. The molecule has 0 spiro atoms. The number of esters is 1. The minimum Gasteiger partial charge on any atom is -0.456 e. The van der Waals surface area contributed by atoms with E-state index < -0.39 is 11.9 Å². The van der Waals surface area contributed by atoms with Gasteiger partial charge in [0.1, 0.15) is 5.82 Å². The Labute approximate surface area is 138 Å². The highest BCUT2D eigenvalue weighted by Gasteiger charge is 2.09. The summed E-state index contributed by atoms with van der Waals surface area (Å²) >= 11 is 5.91. The van der Waals surface area contributed by atoms with Crippen LogP contribution in [0.1, 0.15) is 12.0 Å². The Hall–Kier alpha value is -2.40. The first-order valence-electron chi connectivity index (χ1n) is 6.99. The van der Waals surface area contributed by atoms with E-state index in [9.17, 15) is 14.0 Å². The maximum atomic E-state index is 12.8. The second-order valence-corrected chi connectivity index (χ2v) is 5.22. The second kappa shape index (κ2) is 8.29. The van der Waals surface area contributed by atoms with Crippen molar-refractivity contribution >= 4 is 29.2 Å². The third-order valence-corrected chi connectivity index (χ3v) is 3.37. The topological polar surface area (TPSA) is 55.4 Å². The highest BCUT2D eigenvalue weighted by molar-refractivity contribution is 6.33. The van der Waals surface area contributed by atoms with Gasteiger partial charge in [-0.05, 0) is 36.2 Å². The van der Waals surface area contributed by atoms with E-state index in [4.69, 9.17) is 16.3 Å². The largest absolute Gasteiger partial charge is 0.456 e. The first-order chi connectivity index (χ1) is 11.0. The van der Waals surface area contributed by atoms with Gasteiger partial charge in [0.15, 0.2) is 6.61 Å². The number of carbonyl (C=O) groups excluding carboxylic acids is 2. The number of hydrogen-bond acceptors (Lipinski definition) is 3.